The van der Waals surface area contributed by atoms with Gasteiger partial charge in [0.2, 0.25) is 6.79 Å². The molecule has 0 radical (unpaired) electrons. The van der Waals surface area contributed by atoms with Gasteiger partial charge in [-0.1, -0.05) is 26.3 Å². The standard InChI is InChI=1S/C19H30O5/c1-3-4-8-20-10-12-22-13-11-21-9-7-16(2)17-5-6-18-19(14-17)24-15-23-18/h5-6,14,16H,3-4,7-13,15H2,1-2H3. The molecule has 5 nitrogen and oxygen atoms in total. The largest absolute Gasteiger partial charge is 0.454 e. The Labute approximate surface area is 145 Å². The van der Waals surface area contributed by atoms with Crippen molar-refractivity contribution in [1.82, 2.24) is 0 Å². The van der Waals surface area contributed by atoms with Crippen LogP contribution in [0.1, 0.15) is 44.6 Å². The van der Waals surface area contributed by atoms with Crippen molar-refractivity contribution in [2.45, 2.75) is 39.0 Å². The van der Waals surface area contributed by atoms with Crippen molar-refractivity contribution in [3.05, 3.63) is 23.8 Å². The van der Waals surface area contributed by atoms with Crippen molar-refractivity contribution in [2.75, 3.05) is 46.4 Å². The van der Waals surface area contributed by atoms with Crippen molar-refractivity contribution in [2.24, 2.45) is 0 Å². The lowest BCUT2D eigenvalue weighted by atomic mass is 9.98. The van der Waals surface area contributed by atoms with Crippen molar-refractivity contribution in [3.63, 3.8) is 0 Å². The summed E-state index contributed by atoms with van der Waals surface area (Å²) in [6, 6.07) is 6.14. The molecule has 1 unspecified atom stereocenters. The van der Waals surface area contributed by atoms with E-state index in [2.05, 4.69) is 26.0 Å². The maximum atomic E-state index is 5.64. The van der Waals surface area contributed by atoms with Crippen LogP contribution in [0, 0.1) is 0 Å². The first-order chi connectivity index (χ1) is 11.8. The van der Waals surface area contributed by atoms with Gasteiger partial charge in [-0.2, -0.15) is 0 Å². The van der Waals surface area contributed by atoms with E-state index < -0.39 is 0 Å². The van der Waals surface area contributed by atoms with Gasteiger partial charge in [-0.15, -0.1) is 0 Å². The Balaban J connectivity index is 1.47. The topological polar surface area (TPSA) is 46.2 Å². The van der Waals surface area contributed by atoms with Gasteiger partial charge >= 0.3 is 0 Å². The molecule has 0 fully saturated rings. The SMILES string of the molecule is CCCCOCCOCCOCCC(C)c1ccc2c(c1)OCO2. The number of hydrogen-bond acceptors (Lipinski definition) is 5. The molecule has 136 valence electrons. The highest BCUT2D eigenvalue weighted by molar-refractivity contribution is 5.45. The Hall–Kier alpha value is -1.30. The summed E-state index contributed by atoms with van der Waals surface area (Å²) in [5.41, 5.74) is 1.25. The molecule has 0 amide bonds. The molecule has 1 aromatic carbocycles. The van der Waals surface area contributed by atoms with Crippen LogP contribution in [0.25, 0.3) is 0 Å². The second-order valence-electron chi connectivity index (χ2n) is 5.99. The van der Waals surface area contributed by atoms with E-state index in [-0.39, 0.29) is 0 Å². The van der Waals surface area contributed by atoms with Crippen molar-refractivity contribution in [3.8, 4) is 11.5 Å². The maximum absolute atomic E-state index is 5.64. The van der Waals surface area contributed by atoms with Gasteiger partial charge in [0.15, 0.2) is 11.5 Å². The van der Waals surface area contributed by atoms with Crippen LogP contribution in [0.15, 0.2) is 18.2 Å². The van der Waals surface area contributed by atoms with Crippen molar-refractivity contribution in [1.29, 1.82) is 0 Å². The van der Waals surface area contributed by atoms with Gasteiger partial charge in [0, 0.05) is 13.2 Å². The van der Waals surface area contributed by atoms with E-state index in [1.807, 2.05) is 6.07 Å². The molecular weight excluding hydrogens is 308 g/mol. The molecule has 0 saturated carbocycles. The fraction of sp³-hybridized carbons (Fsp3) is 0.684. The summed E-state index contributed by atoms with van der Waals surface area (Å²) in [5.74, 6) is 2.10. The highest BCUT2D eigenvalue weighted by atomic mass is 16.7. The van der Waals surface area contributed by atoms with E-state index in [9.17, 15) is 0 Å². The first-order valence-electron chi connectivity index (χ1n) is 8.94. The molecular formula is C19H30O5. The van der Waals surface area contributed by atoms with Crippen LogP contribution in [0.2, 0.25) is 0 Å². The van der Waals surface area contributed by atoms with Crippen LogP contribution in [-0.2, 0) is 14.2 Å². The number of ether oxygens (including phenoxy) is 5. The molecule has 1 heterocycles. The number of benzene rings is 1. The molecule has 1 atom stereocenters. The maximum Gasteiger partial charge on any atom is 0.231 e. The van der Waals surface area contributed by atoms with Gasteiger partial charge in [-0.25, -0.2) is 0 Å². The van der Waals surface area contributed by atoms with Gasteiger partial charge in [0.25, 0.3) is 0 Å². The molecule has 2 rings (SSSR count). The first-order valence-corrected chi connectivity index (χ1v) is 8.94. The smallest absolute Gasteiger partial charge is 0.231 e. The van der Waals surface area contributed by atoms with Crippen molar-refractivity contribution < 1.29 is 23.7 Å². The molecule has 5 heteroatoms. The summed E-state index contributed by atoms with van der Waals surface area (Å²) in [6.07, 6.45) is 3.25. The summed E-state index contributed by atoms with van der Waals surface area (Å²) in [5, 5.41) is 0. The number of unbranched alkanes of at least 4 members (excludes halogenated alkanes) is 1. The van der Waals surface area contributed by atoms with E-state index in [0.717, 1.165) is 37.6 Å². The minimum absolute atomic E-state index is 0.319. The monoisotopic (exact) mass is 338 g/mol. The molecule has 0 bridgehead atoms. The summed E-state index contributed by atoms with van der Waals surface area (Å²) in [7, 11) is 0. The lowest BCUT2D eigenvalue weighted by Crippen LogP contribution is -2.11. The molecule has 1 aliphatic heterocycles. The van der Waals surface area contributed by atoms with Gasteiger partial charge in [-0.3, -0.25) is 0 Å². The number of rotatable bonds is 13. The lowest BCUT2D eigenvalue weighted by Gasteiger charge is -2.13. The highest BCUT2D eigenvalue weighted by Gasteiger charge is 2.15. The van der Waals surface area contributed by atoms with Crippen LogP contribution < -0.4 is 9.47 Å². The number of fused-ring (bicyclic) bond motifs is 1. The van der Waals surface area contributed by atoms with E-state index in [0.29, 0.717) is 39.1 Å². The van der Waals surface area contributed by atoms with Crippen LogP contribution in [0.4, 0.5) is 0 Å². The quantitative estimate of drug-likeness (QED) is 0.513. The van der Waals surface area contributed by atoms with Crippen LogP contribution in [0.3, 0.4) is 0 Å². The van der Waals surface area contributed by atoms with Crippen LogP contribution in [-0.4, -0.2) is 46.4 Å². The van der Waals surface area contributed by atoms with Crippen LogP contribution in [0.5, 0.6) is 11.5 Å². The highest BCUT2D eigenvalue weighted by Crippen LogP contribution is 2.35. The van der Waals surface area contributed by atoms with E-state index in [1.165, 1.54) is 12.0 Å². The summed E-state index contributed by atoms with van der Waals surface area (Å²) >= 11 is 0. The fourth-order valence-electron chi connectivity index (χ4n) is 2.43. The van der Waals surface area contributed by atoms with Crippen LogP contribution >= 0.6 is 0 Å². The summed E-state index contributed by atoms with van der Waals surface area (Å²) in [6.45, 7) is 8.79. The average molecular weight is 338 g/mol. The third-order valence-electron chi connectivity index (χ3n) is 4.05. The van der Waals surface area contributed by atoms with Gasteiger partial charge in [0.1, 0.15) is 0 Å². The van der Waals surface area contributed by atoms with Gasteiger partial charge in [-0.05, 0) is 36.5 Å². The minimum atomic E-state index is 0.319. The predicted molar refractivity (Wildman–Crippen MR) is 93.0 cm³/mol. The van der Waals surface area contributed by atoms with Crippen molar-refractivity contribution >= 4 is 0 Å². The Kier molecular flexibility index (Phi) is 8.95. The van der Waals surface area contributed by atoms with E-state index in [4.69, 9.17) is 23.7 Å². The molecule has 0 spiro atoms. The first kappa shape index (κ1) is 19.0. The van der Waals surface area contributed by atoms with Gasteiger partial charge in [0.05, 0.1) is 26.4 Å². The third kappa shape index (κ3) is 6.67. The molecule has 0 N–H and O–H groups in total. The minimum Gasteiger partial charge on any atom is -0.454 e. The normalized spacial score (nSPS) is 14.1. The Morgan fingerprint density at radius 2 is 1.58 bits per heavy atom. The third-order valence-corrected chi connectivity index (χ3v) is 4.05. The zero-order valence-corrected chi connectivity index (χ0v) is 14.9. The summed E-state index contributed by atoms with van der Waals surface area (Å²) in [4.78, 5) is 0. The van der Waals surface area contributed by atoms with Gasteiger partial charge < -0.3 is 23.7 Å². The molecule has 0 saturated heterocycles. The molecule has 1 aromatic rings. The zero-order chi connectivity index (χ0) is 17.0. The Morgan fingerprint density at radius 3 is 2.33 bits per heavy atom. The second kappa shape index (κ2) is 11.3. The second-order valence-corrected chi connectivity index (χ2v) is 5.99. The average Bonchev–Trinajstić information content (AvgIpc) is 3.07. The zero-order valence-electron chi connectivity index (χ0n) is 14.9. The predicted octanol–water partition coefficient (Wildman–Crippen LogP) is 3.76. The number of hydrogen-bond donors (Lipinski definition) is 0. The summed E-state index contributed by atoms with van der Waals surface area (Å²) < 4.78 is 27.3. The van der Waals surface area contributed by atoms with E-state index >= 15 is 0 Å². The lowest BCUT2D eigenvalue weighted by molar-refractivity contribution is 0.0131. The Morgan fingerprint density at radius 1 is 0.917 bits per heavy atom. The van der Waals surface area contributed by atoms with E-state index in [1.54, 1.807) is 0 Å². The molecule has 0 aliphatic carbocycles. The fourth-order valence-corrected chi connectivity index (χ4v) is 2.43. The molecule has 24 heavy (non-hydrogen) atoms. The molecule has 0 aromatic heterocycles. The molecule has 1 aliphatic rings. The Bertz CT molecular complexity index is 463.